The number of carbonyl (C=O) groups is 1. The average Bonchev–Trinajstić information content (AvgIpc) is 3.33. The van der Waals surface area contributed by atoms with Crippen molar-refractivity contribution in [1.29, 1.82) is 0 Å². The molecule has 0 spiro atoms. The highest BCUT2D eigenvalue weighted by Crippen LogP contribution is 2.42. The molecule has 4 aromatic rings. The maximum atomic E-state index is 13.7. The number of nitrogens with zero attached hydrogens (tertiary/aromatic N) is 2. The van der Waals surface area contributed by atoms with Crippen LogP contribution in [0.25, 0.3) is 15.9 Å². The fraction of sp³-hybridized carbons (Fsp3) is 0.174. The van der Waals surface area contributed by atoms with E-state index < -0.39 is 11.9 Å². The van der Waals surface area contributed by atoms with Crippen molar-refractivity contribution in [3.8, 4) is 5.69 Å². The minimum atomic E-state index is -1.13. The van der Waals surface area contributed by atoms with E-state index in [-0.39, 0.29) is 5.56 Å². The van der Waals surface area contributed by atoms with Gasteiger partial charge in [-0.3, -0.25) is 9.36 Å². The van der Waals surface area contributed by atoms with Crippen LogP contribution in [-0.4, -0.2) is 15.5 Å². The minimum Gasteiger partial charge on any atom is -0.549 e. The van der Waals surface area contributed by atoms with Crippen molar-refractivity contribution in [1.82, 2.24) is 9.55 Å². The summed E-state index contributed by atoms with van der Waals surface area (Å²) in [5, 5.41) is 13.3. The third kappa shape index (κ3) is 3.67. The Morgan fingerprint density at radius 1 is 1.19 bits per heavy atom. The molecule has 156 valence electrons. The number of hydrogen-bond donors (Lipinski definition) is 0. The Balaban J connectivity index is 1.67. The SMILES string of the molecule is O=C([O-])[C@H]1CCc2sc3nc(SCc4ccc(Cl)cc4)n(-c4ccccc4)c(=O)c3c21. The van der Waals surface area contributed by atoms with Gasteiger partial charge in [-0.1, -0.05) is 53.7 Å². The van der Waals surface area contributed by atoms with E-state index in [0.717, 1.165) is 10.4 Å². The number of benzene rings is 2. The van der Waals surface area contributed by atoms with Crippen molar-refractivity contribution in [2.75, 3.05) is 0 Å². The summed E-state index contributed by atoms with van der Waals surface area (Å²) in [6, 6.07) is 16.9. The predicted octanol–water partition coefficient (Wildman–Crippen LogP) is 4.17. The third-order valence-electron chi connectivity index (χ3n) is 5.40. The molecule has 1 aliphatic rings. The maximum Gasteiger partial charge on any atom is 0.267 e. The van der Waals surface area contributed by atoms with Gasteiger partial charge in [-0.05, 0) is 48.2 Å². The largest absolute Gasteiger partial charge is 0.549 e. The number of carbonyl (C=O) groups excluding carboxylic acids is 1. The number of carboxylic acid groups (broad SMARTS) is 1. The number of aryl methyl sites for hydroxylation is 1. The van der Waals surface area contributed by atoms with Crippen molar-refractivity contribution in [2.24, 2.45) is 0 Å². The van der Waals surface area contributed by atoms with Gasteiger partial charge >= 0.3 is 0 Å². The average molecular weight is 468 g/mol. The number of aliphatic carboxylic acids is 1. The minimum absolute atomic E-state index is 0.236. The van der Waals surface area contributed by atoms with Gasteiger partial charge in [0.05, 0.1) is 11.1 Å². The van der Waals surface area contributed by atoms with E-state index in [1.54, 1.807) is 4.57 Å². The molecule has 31 heavy (non-hydrogen) atoms. The molecular formula is C23H16ClN2O3S2-. The van der Waals surface area contributed by atoms with Gasteiger partial charge in [-0.15, -0.1) is 11.3 Å². The topological polar surface area (TPSA) is 75.0 Å². The second-order valence-electron chi connectivity index (χ2n) is 7.31. The highest BCUT2D eigenvalue weighted by molar-refractivity contribution is 7.98. The monoisotopic (exact) mass is 467 g/mol. The van der Waals surface area contributed by atoms with E-state index in [2.05, 4.69) is 0 Å². The molecule has 1 atom stereocenters. The molecule has 5 rings (SSSR count). The molecule has 0 N–H and O–H groups in total. The lowest BCUT2D eigenvalue weighted by Crippen LogP contribution is -2.29. The lowest BCUT2D eigenvalue weighted by atomic mass is 10.0. The molecule has 0 amide bonds. The van der Waals surface area contributed by atoms with Gasteiger partial charge in [0.15, 0.2) is 5.16 Å². The van der Waals surface area contributed by atoms with Crippen molar-refractivity contribution in [3.63, 3.8) is 0 Å². The Bertz CT molecular complexity index is 1350. The summed E-state index contributed by atoms with van der Waals surface area (Å²) in [5.41, 5.74) is 2.12. The molecule has 5 nitrogen and oxygen atoms in total. The molecule has 0 unspecified atom stereocenters. The highest BCUT2D eigenvalue weighted by atomic mass is 35.5. The van der Waals surface area contributed by atoms with Crippen molar-refractivity contribution < 1.29 is 9.90 Å². The summed E-state index contributed by atoms with van der Waals surface area (Å²) in [6.45, 7) is 0. The van der Waals surface area contributed by atoms with Crippen LogP contribution in [0.2, 0.25) is 5.02 Å². The predicted molar refractivity (Wildman–Crippen MR) is 122 cm³/mol. The van der Waals surface area contributed by atoms with Gasteiger partial charge in [0.25, 0.3) is 5.56 Å². The first-order chi connectivity index (χ1) is 15.0. The number of thioether (sulfide) groups is 1. The number of halogens is 1. The number of aromatic nitrogens is 2. The molecule has 2 aromatic heterocycles. The number of fused-ring (bicyclic) bond motifs is 3. The summed E-state index contributed by atoms with van der Waals surface area (Å²) in [7, 11) is 0. The zero-order valence-corrected chi connectivity index (χ0v) is 18.6. The van der Waals surface area contributed by atoms with E-state index in [9.17, 15) is 14.7 Å². The van der Waals surface area contributed by atoms with Crippen LogP contribution in [0.4, 0.5) is 0 Å². The number of rotatable bonds is 5. The molecule has 2 heterocycles. The zero-order valence-electron chi connectivity index (χ0n) is 16.2. The lowest BCUT2D eigenvalue weighted by molar-refractivity contribution is -0.307. The van der Waals surface area contributed by atoms with Crippen LogP contribution in [0.15, 0.2) is 64.5 Å². The number of carboxylic acids is 1. The second-order valence-corrected chi connectivity index (χ2v) is 9.78. The highest BCUT2D eigenvalue weighted by Gasteiger charge is 2.31. The van der Waals surface area contributed by atoms with Gasteiger partial charge in [-0.2, -0.15) is 0 Å². The first kappa shape index (κ1) is 20.3. The van der Waals surface area contributed by atoms with Gasteiger partial charge in [0.2, 0.25) is 0 Å². The van der Waals surface area contributed by atoms with Gasteiger partial charge in [0, 0.05) is 27.5 Å². The normalized spacial score (nSPS) is 15.3. The first-order valence-electron chi connectivity index (χ1n) is 9.75. The van der Waals surface area contributed by atoms with E-state index in [1.165, 1.54) is 23.1 Å². The smallest absolute Gasteiger partial charge is 0.267 e. The standard InChI is InChI=1S/C23H17ClN2O3S2/c24-14-8-6-13(7-9-14)12-30-23-25-20-19(18-16(22(28)29)10-11-17(18)31-20)21(27)26(23)15-4-2-1-3-5-15/h1-9,16H,10-12H2,(H,28,29)/p-1/t16-/m0/s1. The van der Waals surface area contributed by atoms with E-state index in [1.807, 2.05) is 54.6 Å². The molecule has 2 aromatic carbocycles. The summed E-state index contributed by atoms with van der Waals surface area (Å²) in [5.74, 6) is -1.27. The quantitative estimate of drug-likeness (QED) is 0.325. The summed E-state index contributed by atoms with van der Waals surface area (Å²) in [4.78, 5) is 31.7. The Hall–Kier alpha value is -2.61. The van der Waals surface area contributed by atoms with E-state index in [0.29, 0.717) is 50.2 Å². The molecule has 0 saturated heterocycles. The van der Waals surface area contributed by atoms with Crippen LogP contribution < -0.4 is 10.7 Å². The van der Waals surface area contributed by atoms with Gasteiger partial charge < -0.3 is 9.90 Å². The zero-order chi connectivity index (χ0) is 21.5. The van der Waals surface area contributed by atoms with Crippen LogP contribution in [0.5, 0.6) is 0 Å². The molecule has 0 bridgehead atoms. The number of para-hydroxylation sites is 1. The Morgan fingerprint density at radius 3 is 2.65 bits per heavy atom. The summed E-state index contributed by atoms with van der Waals surface area (Å²) < 4.78 is 1.58. The van der Waals surface area contributed by atoms with E-state index in [4.69, 9.17) is 16.6 Å². The van der Waals surface area contributed by atoms with Crippen LogP contribution in [0.3, 0.4) is 0 Å². The molecular weight excluding hydrogens is 452 g/mol. The second kappa shape index (κ2) is 8.15. The number of thiophene rings is 1. The van der Waals surface area contributed by atoms with Crippen LogP contribution >= 0.6 is 34.7 Å². The molecule has 0 fully saturated rings. The Morgan fingerprint density at radius 2 is 1.94 bits per heavy atom. The summed E-state index contributed by atoms with van der Waals surface area (Å²) in [6.07, 6.45) is 1.10. The van der Waals surface area contributed by atoms with Crippen LogP contribution in [-0.2, 0) is 17.0 Å². The van der Waals surface area contributed by atoms with E-state index >= 15 is 0 Å². The molecule has 0 radical (unpaired) electrons. The molecule has 0 aliphatic heterocycles. The maximum absolute atomic E-state index is 13.7. The molecule has 1 aliphatic carbocycles. The first-order valence-corrected chi connectivity index (χ1v) is 11.9. The Kier molecular flexibility index (Phi) is 5.33. The summed E-state index contributed by atoms with van der Waals surface area (Å²) >= 11 is 8.86. The fourth-order valence-electron chi connectivity index (χ4n) is 3.94. The van der Waals surface area contributed by atoms with Gasteiger partial charge in [0.1, 0.15) is 4.83 Å². The van der Waals surface area contributed by atoms with Crippen LogP contribution in [0, 0.1) is 0 Å². The van der Waals surface area contributed by atoms with Crippen molar-refractivity contribution in [3.05, 3.63) is 86.0 Å². The lowest BCUT2D eigenvalue weighted by Gasteiger charge is -2.15. The number of hydrogen-bond acceptors (Lipinski definition) is 6. The Labute approximate surface area is 191 Å². The van der Waals surface area contributed by atoms with Crippen molar-refractivity contribution in [2.45, 2.75) is 29.7 Å². The third-order valence-corrected chi connectivity index (χ3v) is 7.82. The van der Waals surface area contributed by atoms with Gasteiger partial charge in [-0.25, -0.2) is 4.98 Å². The molecule has 0 saturated carbocycles. The van der Waals surface area contributed by atoms with Crippen LogP contribution in [0.1, 0.15) is 28.3 Å². The van der Waals surface area contributed by atoms with Crippen molar-refractivity contribution >= 4 is 50.9 Å². The molecule has 8 heteroatoms. The fourth-order valence-corrected chi connectivity index (χ4v) is 6.32.